The molecule has 1 N–H and O–H groups in total. The highest BCUT2D eigenvalue weighted by atomic mass is 14.9. The second-order valence-corrected chi connectivity index (χ2v) is 5.26. The van der Waals surface area contributed by atoms with Crippen molar-refractivity contribution >= 4 is 21.8 Å². The van der Waals surface area contributed by atoms with Crippen molar-refractivity contribution in [3.05, 3.63) is 72.3 Å². The lowest BCUT2D eigenvalue weighted by atomic mass is 10.0. The highest BCUT2D eigenvalue weighted by molar-refractivity contribution is 5.83. The normalized spacial score (nSPS) is 11.2. The number of rotatable bonds is 3. The average Bonchev–Trinajstić information content (AvgIpc) is 2.95. The van der Waals surface area contributed by atoms with E-state index in [4.69, 9.17) is 0 Å². The van der Waals surface area contributed by atoms with Gasteiger partial charge < -0.3 is 4.98 Å². The first-order chi connectivity index (χ1) is 10.4. The van der Waals surface area contributed by atoms with E-state index in [9.17, 15) is 0 Å². The molecule has 102 valence electrons. The highest BCUT2D eigenvalue weighted by Gasteiger charge is 2.03. The second kappa shape index (κ2) is 5.02. The van der Waals surface area contributed by atoms with Crippen LogP contribution in [-0.2, 0) is 12.8 Å². The quantitative estimate of drug-likeness (QED) is 0.615. The zero-order valence-corrected chi connectivity index (χ0v) is 11.6. The maximum Gasteiger partial charge on any atom is 0.107 e. The standard InChI is InChI=1S/C18H15N3/c1-2-4-15-11-13(5-7-14(15)3-1)6-8-18-20-16-9-10-19-12-17(16)21-18/h1-5,7,9-12H,6,8H2,(H,20,21). The van der Waals surface area contributed by atoms with Gasteiger partial charge in [0.05, 0.1) is 17.2 Å². The molecule has 2 aromatic heterocycles. The number of aromatic amines is 1. The molecule has 0 saturated heterocycles. The second-order valence-electron chi connectivity index (χ2n) is 5.26. The van der Waals surface area contributed by atoms with Gasteiger partial charge in [-0.25, -0.2) is 4.98 Å². The third-order valence-corrected chi connectivity index (χ3v) is 3.80. The summed E-state index contributed by atoms with van der Waals surface area (Å²) in [6.07, 6.45) is 5.49. The van der Waals surface area contributed by atoms with Gasteiger partial charge in [-0.15, -0.1) is 0 Å². The van der Waals surface area contributed by atoms with Crippen LogP contribution in [0.25, 0.3) is 21.8 Å². The fourth-order valence-corrected chi connectivity index (χ4v) is 2.69. The third kappa shape index (κ3) is 2.38. The van der Waals surface area contributed by atoms with Crippen LogP contribution in [0.15, 0.2) is 60.9 Å². The number of hydrogen-bond acceptors (Lipinski definition) is 2. The topological polar surface area (TPSA) is 41.6 Å². The van der Waals surface area contributed by atoms with Crippen molar-refractivity contribution in [2.45, 2.75) is 12.8 Å². The molecule has 4 rings (SSSR count). The Morgan fingerprint density at radius 3 is 2.71 bits per heavy atom. The van der Waals surface area contributed by atoms with Gasteiger partial charge in [-0.2, -0.15) is 0 Å². The molecule has 0 amide bonds. The Bertz CT molecular complexity index is 875. The van der Waals surface area contributed by atoms with Crippen LogP contribution in [0.5, 0.6) is 0 Å². The van der Waals surface area contributed by atoms with Crippen molar-refractivity contribution in [1.29, 1.82) is 0 Å². The molecule has 0 radical (unpaired) electrons. The van der Waals surface area contributed by atoms with Crippen molar-refractivity contribution in [2.75, 3.05) is 0 Å². The van der Waals surface area contributed by atoms with Crippen molar-refractivity contribution < 1.29 is 0 Å². The predicted octanol–water partition coefficient (Wildman–Crippen LogP) is 3.90. The molecule has 0 atom stereocenters. The maximum absolute atomic E-state index is 4.59. The SMILES string of the molecule is c1ccc2cc(CCc3nc4ccncc4[nH]3)ccc2c1. The van der Waals surface area contributed by atoms with Crippen LogP contribution in [0.3, 0.4) is 0 Å². The van der Waals surface area contributed by atoms with E-state index in [1.54, 1.807) is 6.20 Å². The minimum absolute atomic E-state index is 0.910. The van der Waals surface area contributed by atoms with Crippen molar-refractivity contribution in [3.8, 4) is 0 Å². The number of H-pyrrole nitrogens is 1. The summed E-state index contributed by atoms with van der Waals surface area (Å²) in [6, 6.07) is 17.0. The molecule has 3 heteroatoms. The van der Waals surface area contributed by atoms with Gasteiger partial charge in [0.25, 0.3) is 0 Å². The van der Waals surface area contributed by atoms with Gasteiger partial charge >= 0.3 is 0 Å². The lowest BCUT2D eigenvalue weighted by Crippen LogP contribution is -1.93. The van der Waals surface area contributed by atoms with E-state index in [0.29, 0.717) is 0 Å². The molecule has 2 aromatic carbocycles. The summed E-state index contributed by atoms with van der Waals surface area (Å²) in [6.45, 7) is 0. The molecule has 0 bridgehead atoms. The summed E-state index contributed by atoms with van der Waals surface area (Å²) in [7, 11) is 0. The van der Waals surface area contributed by atoms with Crippen LogP contribution in [0.2, 0.25) is 0 Å². The third-order valence-electron chi connectivity index (χ3n) is 3.80. The van der Waals surface area contributed by atoms with Crippen molar-refractivity contribution in [2.24, 2.45) is 0 Å². The van der Waals surface area contributed by atoms with Crippen LogP contribution in [0.4, 0.5) is 0 Å². The van der Waals surface area contributed by atoms with Crippen LogP contribution < -0.4 is 0 Å². The van der Waals surface area contributed by atoms with E-state index >= 15 is 0 Å². The Hall–Kier alpha value is -2.68. The zero-order chi connectivity index (χ0) is 14.1. The van der Waals surface area contributed by atoms with E-state index in [-0.39, 0.29) is 0 Å². The Morgan fingerprint density at radius 1 is 0.905 bits per heavy atom. The van der Waals surface area contributed by atoms with Gasteiger partial charge in [0.1, 0.15) is 5.82 Å². The molecule has 0 unspecified atom stereocenters. The van der Waals surface area contributed by atoms with Crippen LogP contribution in [-0.4, -0.2) is 15.0 Å². The van der Waals surface area contributed by atoms with E-state index in [2.05, 4.69) is 57.4 Å². The first-order valence-corrected chi connectivity index (χ1v) is 7.15. The summed E-state index contributed by atoms with van der Waals surface area (Å²) in [5.41, 5.74) is 3.33. The number of hydrogen-bond donors (Lipinski definition) is 1. The van der Waals surface area contributed by atoms with Gasteiger partial charge in [-0.1, -0.05) is 42.5 Å². The summed E-state index contributed by atoms with van der Waals surface area (Å²) >= 11 is 0. The minimum Gasteiger partial charge on any atom is -0.341 e. The average molecular weight is 273 g/mol. The van der Waals surface area contributed by atoms with Crippen LogP contribution in [0, 0.1) is 0 Å². The van der Waals surface area contributed by atoms with Gasteiger partial charge in [-0.05, 0) is 28.8 Å². The number of aromatic nitrogens is 3. The molecule has 0 aliphatic rings. The summed E-state index contributed by atoms with van der Waals surface area (Å²) in [5, 5.41) is 2.58. The van der Waals surface area contributed by atoms with Crippen molar-refractivity contribution in [3.63, 3.8) is 0 Å². The molecule has 0 saturated carbocycles. The number of imidazole rings is 1. The number of nitrogens with zero attached hydrogens (tertiary/aromatic N) is 2. The molecule has 4 aromatic rings. The number of aryl methyl sites for hydroxylation is 2. The minimum atomic E-state index is 0.910. The molecule has 2 heterocycles. The molecule has 21 heavy (non-hydrogen) atoms. The molecule has 3 nitrogen and oxygen atoms in total. The lowest BCUT2D eigenvalue weighted by Gasteiger charge is -2.02. The highest BCUT2D eigenvalue weighted by Crippen LogP contribution is 2.17. The van der Waals surface area contributed by atoms with E-state index in [0.717, 1.165) is 29.7 Å². The number of nitrogens with one attached hydrogen (secondary N) is 1. The molecule has 0 aliphatic carbocycles. The fraction of sp³-hybridized carbons (Fsp3) is 0.111. The van der Waals surface area contributed by atoms with Gasteiger partial charge in [0.15, 0.2) is 0 Å². The molecule has 0 aliphatic heterocycles. The lowest BCUT2D eigenvalue weighted by molar-refractivity contribution is 0.891. The fourth-order valence-electron chi connectivity index (χ4n) is 2.69. The molecule has 0 spiro atoms. The Balaban J connectivity index is 1.57. The zero-order valence-electron chi connectivity index (χ0n) is 11.6. The Morgan fingerprint density at radius 2 is 1.81 bits per heavy atom. The first kappa shape index (κ1) is 12.1. The summed E-state index contributed by atoms with van der Waals surface area (Å²) in [5.74, 6) is 1.02. The largest absolute Gasteiger partial charge is 0.341 e. The van der Waals surface area contributed by atoms with E-state index in [1.807, 2.05) is 12.3 Å². The number of benzene rings is 2. The predicted molar refractivity (Wildman–Crippen MR) is 85.2 cm³/mol. The first-order valence-electron chi connectivity index (χ1n) is 7.15. The van der Waals surface area contributed by atoms with E-state index < -0.39 is 0 Å². The van der Waals surface area contributed by atoms with Crippen molar-refractivity contribution in [1.82, 2.24) is 15.0 Å². The molecular formula is C18H15N3. The smallest absolute Gasteiger partial charge is 0.107 e. The monoisotopic (exact) mass is 273 g/mol. The van der Waals surface area contributed by atoms with Gasteiger partial charge in [0, 0.05) is 12.6 Å². The van der Waals surface area contributed by atoms with Crippen LogP contribution in [0.1, 0.15) is 11.4 Å². The Kier molecular flexibility index (Phi) is 2.89. The van der Waals surface area contributed by atoms with Crippen LogP contribution >= 0.6 is 0 Å². The molecular weight excluding hydrogens is 258 g/mol. The number of fused-ring (bicyclic) bond motifs is 2. The molecule has 0 fully saturated rings. The Labute approximate surface area is 122 Å². The number of pyridine rings is 1. The van der Waals surface area contributed by atoms with Gasteiger partial charge in [-0.3, -0.25) is 4.98 Å². The summed E-state index contributed by atoms with van der Waals surface area (Å²) < 4.78 is 0. The van der Waals surface area contributed by atoms with Gasteiger partial charge in [0.2, 0.25) is 0 Å². The van der Waals surface area contributed by atoms with E-state index in [1.165, 1.54) is 16.3 Å². The summed E-state index contributed by atoms with van der Waals surface area (Å²) in [4.78, 5) is 12.0. The maximum atomic E-state index is 4.59.